The Hall–Kier alpha value is -2.54. The Morgan fingerprint density at radius 1 is 1.07 bits per heavy atom. The first-order chi connectivity index (χ1) is 13.0. The minimum absolute atomic E-state index is 0.249. The lowest BCUT2D eigenvalue weighted by Crippen LogP contribution is -2.48. The van der Waals surface area contributed by atoms with Gasteiger partial charge >= 0.3 is 0 Å². The van der Waals surface area contributed by atoms with Crippen molar-refractivity contribution in [2.45, 2.75) is 39.8 Å². The Morgan fingerprint density at radius 2 is 1.75 bits per heavy atom. The Balaban J connectivity index is 2.27. The van der Waals surface area contributed by atoms with Crippen LogP contribution in [-0.2, 0) is 14.8 Å². The molecule has 6 nitrogen and oxygen atoms in total. The van der Waals surface area contributed by atoms with Gasteiger partial charge < -0.3 is 10.1 Å². The van der Waals surface area contributed by atoms with Crippen molar-refractivity contribution >= 4 is 21.6 Å². The van der Waals surface area contributed by atoms with Gasteiger partial charge in [-0.25, -0.2) is 8.42 Å². The van der Waals surface area contributed by atoms with Crippen molar-refractivity contribution in [2.24, 2.45) is 0 Å². The fourth-order valence-electron chi connectivity index (χ4n) is 3.01. The lowest BCUT2D eigenvalue weighted by Gasteiger charge is -2.29. The lowest BCUT2D eigenvalue weighted by atomic mass is 10.0. The summed E-state index contributed by atoms with van der Waals surface area (Å²) in [4.78, 5) is 12.8. The normalized spacial score (nSPS) is 13.5. The van der Waals surface area contributed by atoms with Crippen molar-refractivity contribution in [3.63, 3.8) is 0 Å². The number of amides is 1. The fourth-order valence-corrected chi connectivity index (χ4v) is 4.17. The zero-order chi connectivity index (χ0) is 21.1. The predicted octanol–water partition coefficient (Wildman–Crippen LogP) is 3.34. The minimum atomic E-state index is -3.68. The van der Waals surface area contributed by atoms with Gasteiger partial charge in [0.2, 0.25) is 15.9 Å². The monoisotopic (exact) mass is 404 g/mol. The molecule has 0 fully saturated rings. The Morgan fingerprint density at radius 3 is 2.32 bits per heavy atom. The highest BCUT2D eigenvalue weighted by Gasteiger charge is 2.30. The van der Waals surface area contributed by atoms with E-state index in [0.717, 1.165) is 21.7 Å². The van der Waals surface area contributed by atoms with Gasteiger partial charge in [-0.2, -0.15) is 0 Å². The second-order valence-electron chi connectivity index (χ2n) is 7.01. The molecule has 1 N–H and O–H groups in total. The van der Waals surface area contributed by atoms with E-state index in [1.165, 1.54) is 12.7 Å². The van der Waals surface area contributed by atoms with E-state index in [2.05, 4.69) is 5.32 Å². The van der Waals surface area contributed by atoms with Crippen LogP contribution < -0.4 is 14.4 Å². The van der Waals surface area contributed by atoms with Crippen molar-refractivity contribution in [1.82, 2.24) is 5.32 Å². The SMILES string of the molecule is COc1cccc(N(C(C)C(=O)NC(C)c2ccc(C)c(C)c2)S(C)(=O)=O)c1. The summed E-state index contributed by atoms with van der Waals surface area (Å²) >= 11 is 0. The second kappa shape index (κ2) is 8.65. The maximum absolute atomic E-state index is 12.8. The lowest BCUT2D eigenvalue weighted by molar-refractivity contribution is -0.122. The van der Waals surface area contributed by atoms with Crippen molar-refractivity contribution < 1.29 is 17.9 Å². The molecule has 0 heterocycles. The molecule has 0 aliphatic heterocycles. The van der Waals surface area contributed by atoms with Crippen LogP contribution in [0.25, 0.3) is 0 Å². The first-order valence-electron chi connectivity index (χ1n) is 9.05. The average molecular weight is 405 g/mol. The first kappa shape index (κ1) is 21.8. The van der Waals surface area contributed by atoms with E-state index in [4.69, 9.17) is 4.74 Å². The molecule has 0 saturated heterocycles. The van der Waals surface area contributed by atoms with Gasteiger partial charge in [0.05, 0.1) is 25.1 Å². The zero-order valence-corrected chi connectivity index (χ0v) is 18.0. The van der Waals surface area contributed by atoms with Gasteiger partial charge in [-0.3, -0.25) is 9.10 Å². The van der Waals surface area contributed by atoms with Crippen LogP contribution in [0, 0.1) is 13.8 Å². The highest BCUT2D eigenvalue weighted by atomic mass is 32.2. The number of rotatable bonds is 7. The van der Waals surface area contributed by atoms with E-state index >= 15 is 0 Å². The van der Waals surface area contributed by atoms with Gasteiger partial charge in [0.25, 0.3) is 0 Å². The summed E-state index contributed by atoms with van der Waals surface area (Å²) in [6.45, 7) is 7.50. The van der Waals surface area contributed by atoms with E-state index in [0.29, 0.717) is 11.4 Å². The molecular formula is C21H28N2O4S. The number of benzene rings is 2. The molecule has 0 bridgehead atoms. The van der Waals surface area contributed by atoms with E-state index < -0.39 is 16.1 Å². The Bertz CT molecular complexity index is 957. The van der Waals surface area contributed by atoms with Crippen LogP contribution in [0.1, 0.15) is 36.6 Å². The predicted molar refractivity (Wildman–Crippen MR) is 112 cm³/mol. The van der Waals surface area contributed by atoms with Crippen LogP contribution >= 0.6 is 0 Å². The van der Waals surface area contributed by atoms with E-state index in [1.54, 1.807) is 31.2 Å². The topological polar surface area (TPSA) is 75.7 Å². The van der Waals surface area contributed by atoms with E-state index in [1.807, 2.05) is 39.0 Å². The number of sulfonamides is 1. The van der Waals surface area contributed by atoms with Gasteiger partial charge in [0.1, 0.15) is 11.8 Å². The number of ether oxygens (including phenoxy) is 1. The summed E-state index contributed by atoms with van der Waals surface area (Å²) in [6.07, 6.45) is 1.09. The zero-order valence-electron chi connectivity index (χ0n) is 17.2. The highest BCUT2D eigenvalue weighted by Crippen LogP contribution is 2.26. The number of carbonyl (C=O) groups is 1. The highest BCUT2D eigenvalue weighted by molar-refractivity contribution is 7.92. The molecule has 28 heavy (non-hydrogen) atoms. The van der Waals surface area contributed by atoms with Crippen LogP contribution in [0.2, 0.25) is 0 Å². The maximum Gasteiger partial charge on any atom is 0.244 e. The quantitative estimate of drug-likeness (QED) is 0.768. The number of aryl methyl sites for hydroxylation is 2. The molecule has 152 valence electrons. The van der Waals surface area contributed by atoms with Crippen molar-refractivity contribution in [3.8, 4) is 5.75 Å². The summed E-state index contributed by atoms with van der Waals surface area (Å²) in [6, 6.07) is 11.5. The van der Waals surface area contributed by atoms with Crippen molar-refractivity contribution in [1.29, 1.82) is 0 Å². The first-order valence-corrected chi connectivity index (χ1v) is 10.9. The van der Waals surface area contributed by atoms with E-state index in [-0.39, 0.29) is 11.9 Å². The Kier molecular flexibility index (Phi) is 6.72. The molecule has 0 aromatic heterocycles. The number of nitrogens with one attached hydrogen (secondary N) is 1. The Labute approximate surface area is 167 Å². The van der Waals surface area contributed by atoms with Crippen LogP contribution in [0.15, 0.2) is 42.5 Å². The molecule has 0 spiro atoms. The molecule has 2 rings (SSSR count). The van der Waals surface area contributed by atoms with Gasteiger partial charge in [-0.05, 0) is 56.5 Å². The minimum Gasteiger partial charge on any atom is -0.497 e. The van der Waals surface area contributed by atoms with Crippen LogP contribution in [-0.4, -0.2) is 33.7 Å². The molecule has 0 radical (unpaired) electrons. The molecule has 0 saturated carbocycles. The van der Waals surface area contributed by atoms with Crippen molar-refractivity contribution in [3.05, 3.63) is 59.2 Å². The number of hydrogen-bond acceptors (Lipinski definition) is 4. The third-order valence-corrected chi connectivity index (χ3v) is 6.03. The second-order valence-corrected chi connectivity index (χ2v) is 8.87. The maximum atomic E-state index is 12.8. The molecule has 0 aliphatic carbocycles. The summed E-state index contributed by atoms with van der Waals surface area (Å²) in [7, 11) is -2.18. The molecule has 2 unspecified atom stereocenters. The molecule has 2 atom stereocenters. The number of carbonyl (C=O) groups excluding carboxylic acids is 1. The number of nitrogens with zero attached hydrogens (tertiary/aromatic N) is 1. The number of hydrogen-bond donors (Lipinski definition) is 1. The molecule has 1 amide bonds. The molecule has 0 aliphatic rings. The summed E-state index contributed by atoms with van der Waals surface area (Å²) in [5.74, 6) is 0.140. The summed E-state index contributed by atoms with van der Waals surface area (Å²) in [5, 5.41) is 2.92. The standard InChI is InChI=1S/C21H28N2O4S/c1-14-10-11-18(12-15(14)2)16(3)22-21(24)17(4)23(28(6,25)26)19-8-7-9-20(13-19)27-5/h7-13,16-17H,1-6H3,(H,22,24). The number of methoxy groups -OCH3 is 1. The van der Waals surface area contributed by atoms with E-state index in [9.17, 15) is 13.2 Å². The van der Waals surface area contributed by atoms with Crippen LogP contribution in [0.4, 0.5) is 5.69 Å². The largest absolute Gasteiger partial charge is 0.497 e. The third kappa shape index (κ3) is 5.04. The molecule has 7 heteroatoms. The summed E-state index contributed by atoms with van der Waals surface area (Å²) in [5.41, 5.74) is 3.66. The third-order valence-electron chi connectivity index (χ3n) is 4.79. The molecular weight excluding hydrogens is 376 g/mol. The molecule has 2 aromatic carbocycles. The van der Waals surface area contributed by atoms with Crippen molar-refractivity contribution in [2.75, 3.05) is 17.7 Å². The van der Waals surface area contributed by atoms with Crippen LogP contribution in [0.3, 0.4) is 0 Å². The van der Waals surface area contributed by atoms with Gasteiger partial charge in [-0.1, -0.05) is 24.3 Å². The van der Waals surface area contributed by atoms with Crippen LogP contribution in [0.5, 0.6) is 5.75 Å². The van der Waals surface area contributed by atoms with Gasteiger partial charge in [0.15, 0.2) is 0 Å². The van der Waals surface area contributed by atoms with Gasteiger partial charge in [0, 0.05) is 6.07 Å². The average Bonchev–Trinajstić information content (AvgIpc) is 2.62. The van der Waals surface area contributed by atoms with Gasteiger partial charge in [-0.15, -0.1) is 0 Å². The number of anilines is 1. The fraction of sp³-hybridized carbons (Fsp3) is 0.381. The summed E-state index contributed by atoms with van der Waals surface area (Å²) < 4.78 is 31.1. The molecule has 2 aromatic rings. The smallest absolute Gasteiger partial charge is 0.244 e.